The van der Waals surface area contributed by atoms with E-state index in [1.54, 1.807) is 19.1 Å². The zero-order valence-electron chi connectivity index (χ0n) is 8.30. The maximum absolute atomic E-state index is 10.9. The summed E-state index contributed by atoms with van der Waals surface area (Å²) in [4.78, 5) is 21.0. The molecule has 0 amide bonds. The van der Waals surface area contributed by atoms with Crippen molar-refractivity contribution in [1.29, 1.82) is 0 Å². The summed E-state index contributed by atoms with van der Waals surface area (Å²) >= 11 is 0. The van der Waals surface area contributed by atoms with Crippen LogP contribution in [0, 0.1) is 4.91 Å². The number of nitroso groups, excluding NO2 is 1. The number of ether oxygens (including phenoxy) is 2. The Kier molecular flexibility index (Phi) is 4.28. The number of benzene rings is 1. The lowest BCUT2D eigenvalue weighted by atomic mass is 10.3. The van der Waals surface area contributed by atoms with Crippen LogP contribution in [0.1, 0.15) is 6.92 Å². The summed E-state index contributed by atoms with van der Waals surface area (Å²) in [6, 6.07) is 6.15. The van der Waals surface area contributed by atoms with Crippen molar-refractivity contribution >= 4 is 11.7 Å². The third-order valence-corrected chi connectivity index (χ3v) is 1.60. The number of hydrogen-bond acceptors (Lipinski definition) is 5. The van der Waals surface area contributed by atoms with Crippen LogP contribution in [0.4, 0.5) is 5.69 Å². The molecule has 0 unspecified atom stereocenters. The predicted octanol–water partition coefficient (Wildman–Crippen LogP) is 2.03. The zero-order chi connectivity index (χ0) is 11.1. The first-order valence-electron chi connectivity index (χ1n) is 4.48. The van der Waals surface area contributed by atoms with Crippen molar-refractivity contribution in [2.45, 2.75) is 6.92 Å². The lowest BCUT2D eigenvalue weighted by molar-refractivity contribution is -0.145. The molecule has 0 fully saturated rings. The van der Waals surface area contributed by atoms with E-state index >= 15 is 0 Å². The van der Waals surface area contributed by atoms with Crippen LogP contribution in [0.25, 0.3) is 0 Å². The molecule has 5 nitrogen and oxygen atoms in total. The highest BCUT2D eigenvalue weighted by molar-refractivity contribution is 5.71. The van der Waals surface area contributed by atoms with Crippen LogP contribution >= 0.6 is 0 Å². The molecule has 5 heteroatoms. The van der Waals surface area contributed by atoms with Gasteiger partial charge < -0.3 is 9.47 Å². The van der Waals surface area contributed by atoms with Crippen molar-refractivity contribution in [2.75, 3.05) is 13.2 Å². The van der Waals surface area contributed by atoms with Crippen LogP contribution in [0.2, 0.25) is 0 Å². The highest BCUT2D eigenvalue weighted by Crippen LogP contribution is 2.17. The fourth-order valence-corrected chi connectivity index (χ4v) is 0.948. The highest BCUT2D eigenvalue weighted by Gasteiger charge is 2.02. The second kappa shape index (κ2) is 5.74. The molecular formula is C10H11NO4. The van der Waals surface area contributed by atoms with E-state index in [1.165, 1.54) is 12.1 Å². The first-order chi connectivity index (χ1) is 7.26. The lowest BCUT2D eigenvalue weighted by Gasteiger charge is -2.04. The summed E-state index contributed by atoms with van der Waals surface area (Å²) < 4.78 is 9.78. The molecular weight excluding hydrogens is 198 g/mol. The summed E-state index contributed by atoms with van der Waals surface area (Å²) in [5, 5.41) is 2.74. The van der Waals surface area contributed by atoms with Gasteiger partial charge in [-0.05, 0) is 36.4 Å². The molecule has 0 saturated heterocycles. The lowest BCUT2D eigenvalue weighted by Crippen LogP contribution is -2.14. The van der Waals surface area contributed by atoms with E-state index in [1.807, 2.05) is 0 Å². The van der Waals surface area contributed by atoms with E-state index in [4.69, 9.17) is 4.74 Å². The molecule has 0 aliphatic heterocycles. The molecule has 0 spiro atoms. The molecule has 0 aliphatic carbocycles. The quantitative estimate of drug-likeness (QED) is 0.549. The van der Waals surface area contributed by atoms with Gasteiger partial charge in [-0.25, -0.2) is 4.79 Å². The standard InChI is InChI=1S/C10H11NO4/c1-2-14-10(12)7-15-9-5-3-8(11-13)4-6-9/h3-6H,2,7H2,1H3. The van der Waals surface area contributed by atoms with E-state index < -0.39 is 5.97 Å². The van der Waals surface area contributed by atoms with Crippen LogP contribution in [0.15, 0.2) is 29.4 Å². The molecule has 1 aromatic carbocycles. The van der Waals surface area contributed by atoms with Crippen LogP contribution in [0.5, 0.6) is 5.75 Å². The Hall–Kier alpha value is -1.91. The van der Waals surface area contributed by atoms with Gasteiger partial charge in [-0.1, -0.05) is 0 Å². The Balaban J connectivity index is 2.44. The SMILES string of the molecule is CCOC(=O)COc1ccc(N=O)cc1. The van der Waals surface area contributed by atoms with Gasteiger partial charge in [0, 0.05) is 0 Å². The molecule has 0 aromatic heterocycles. The van der Waals surface area contributed by atoms with Gasteiger partial charge in [0.15, 0.2) is 6.61 Å². The number of nitrogens with zero attached hydrogens (tertiary/aromatic N) is 1. The monoisotopic (exact) mass is 209 g/mol. The number of rotatable bonds is 5. The van der Waals surface area contributed by atoms with Gasteiger partial charge in [-0.2, -0.15) is 0 Å². The fraction of sp³-hybridized carbons (Fsp3) is 0.300. The molecule has 15 heavy (non-hydrogen) atoms. The van der Waals surface area contributed by atoms with Gasteiger partial charge in [0.05, 0.1) is 6.61 Å². The molecule has 0 bridgehead atoms. The Labute approximate surface area is 87.0 Å². The minimum Gasteiger partial charge on any atom is -0.482 e. The van der Waals surface area contributed by atoms with Gasteiger partial charge in [0.1, 0.15) is 11.4 Å². The molecule has 0 aliphatic rings. The van der Waals surface area contributed by atoms with Crippen molar-refractivity contribution in [3.63, 3.8) is 0 Å². The normalized spacial score (nSPS) is 9.40. The van der Waals surface area contributed by atoms with Crippen molar-refractivity contribution in [1.82, 2.24) is 0 Å². The number of hydrogen-bond donors (Lipinski definition) is 0. The summed E-state index contributed by atoms with van der Waals surface area (Å²) in [6.45, 7) is 1.92. The van der Waals surface area contributed by atoms with Gasteiger partial charge in [-0.15, -0.1) is 4.91 Å². The van der Waals surface area contributed by atoms with E-state index in [2.05, 4.69) is 9.91 Å². The van der Waals surface area contributed by atoms with E-state index in [-0.39, 0.29) is 6.61 Å². The topological polar surface area (TPSA) is 65.0 Å². The first kappa shape index (κ1) is 11.2. The Bertz CT molecular complexity index is 334. The molecule has 0 radical (unpaired) electrons. The Morgan fingerprint density at radius 1 is 1.33 bits per heavy atom. The molecule has 80 valence electrons. The van der Waals surface area contributed by atoms with Crippen molar-refractivity contribution in [2.24, 2.45) is 5.18 Å². The van der Waals surface area contributed by atoms with E-state index in [0.29, 0.717) is 18.0 Å². The molecule has 1 rings (SSSR count). The third-order valence-electron chi connectivity index (χ3n) is 1.60. The van der Waals surface area contributed by atoms with Crippen molar-refractivity contribution in [3.8, 4) is 5.75 Å². The largest absolute Gasteiger partial charge is 0.482 e. The summed E-state index contributed by atoms with van der Waals surface area (Å²) in [5.41, 5.74) is 0.318. The number of esters is 1. The van der Waals surface area contributed by atoms with Crippen molar-refractivity contribution in [3.05, 3.63) is 29.2 Å². The molecule has 0 saturated carbocycles. The Morgan fingerprint density at radius 3 is 2.53 bits per heavy atom. The molecule has 0 atom stereocenters. The van der Waals surface area contributed by atoms with E-state index in [9.17, 15) is 9.70 Å². The average Bonchev–Trinajstić information content (AvgIpc) is 2.27. The first-order valence-corrected chi connectivity index (χ1v) is 4.48. The minimum absolute atomic E-state index is 0.137. The maximum atomic E-state index is 10.9. The van der Waals surface area contributed by atoms with Crippen LogP contribution < -0.4 is 4.74 Å². The fourth-order valence-electron chi connectivity index (χ4n) is 0.948. The predicted molar refractivity (Wildman–Crippen MR) is 54.0 cm³/mol. The summed E-state index contributed by atoms with van der Waals surface area (Å²) in [7, 11) is 0. The second-order valence-electron chi connectivity index (χ2n) is 2.68. The van der Waals surface area contributed by atoms with Gasteiger partial charge in [0.2, 0.25) is 0 Å². The second-order valence-corrected chi connectivity index (χ2v) is 2.68. The van der Waals surface area contributed by atoms with Crippen molar-refractivity contribution < 1.29 is 14.3 Å². The van der Waals surface area contributed by atoms with Crippen LogP contribution in [-0.2, 0) is 9.53 Å². The van der Waals surface area contributed by atoms with Gasteiger partial charge in [-0.3, -0.25) is 0 Å². The molecule has 0 N–H and O–H groups in total. The highest BCUT2D eigenvalue weighted by atomic mass is 16.6. The number of carbonyl (C=O) groups is 1. The van der Waals surface area contributed by atoms with E-state index in [0.717, 1.165) is 0 Å². The Morgan fingerprint density at radius 2 is 2.00 bits per heavy atom. The minimum atomic E-state index is -0.421. The van der Waals surface area contributed by atoms with Gasteiger partial charge in [0.25, 0.3) is 0 Å². The van der Waals surface area contributed by atoms with Gasteiger partial charge >= 0.3 is 5.97 Å². The summed E-state index contributed by atoms with van der Waals surface area (Å²) in [6.07, 6.45) is 0. The summed E-state index contributed by atoms with van der Waals surface area (Å²) in [5.74, 6) is 0.0746. The van der Waals surface area contributed by atoms with Crippen LogP contribution in [0.3, 0.4) is 0 Å². The molecule has 0 heterocycles. The smallest absolute Gasteiger partial charge is 0.344 e. The zero-order valence-corrected chi connectivity index (χ0v) is 8.30. The van der Waals surface area contributed by atoms with Crippen LogP contribution in [-0.4, -0.2) is 19.2 Å². The average molecular weight is 209 g/mol. The molecule has 1 aromatic rings. The third kappa shape index (κ3) is 3.76. The maximum Gasteiger partial charge on any atom is 0.344 e. The number of carbonyl (C=O) groups excluding carboxylic acids is 1.